The number of hydrogen-bond acceptors (Lipinski definition) is 2. The largest absolute Gasteiger partial charge is 0.507 e. The van der Waals surface area contributed by atoms with Crippen LogP contribution < -0.4 is 0 Å². The highest BCUT2D eigenvalue weighted by Gasteiger charge is 2.27. The first-order chi connectivity index (χ1) is 9.16. The van der Waals surface area contributed by atoms with E-state index in [4.69, 9.17) is 0 Å². The molecular formula is C16H11BrO2. The Morgan fingerprint density at radius 2 is 1.89 bits per heavy atom. The van der Waals surface area contributed by atoms with Crippen LogP contribution in [-0.2, 0) is 6.42 Å². The lowest BCUT2D eigenvalue weighted by Crippen LogP contribution is -1.95. The van der Waals surface area contributed by atoms with Crippen LogP contribution in [0.15, 0.2) is 52.5 Å². The van der Waals surface area contributed by atoms with Crippen molar-refractivity contribution in [3.05, 3.63) is 69.2 Å². The molecule has 1 aliphatic carbocycles. The number of allylic oxidation sites excluding steroid dienone is 1. The number of benzene rings is 2. The van der Waals surface area contributed by atoms with Gasteiger partial charge in [-0.2, -0.15) is 0 Å². The van der Waals surface area contributed by atoms with E-state index in [2.05, 4.69) is 15.9 Å². The summed E-state index contributed by atoms with van der Waals surface area (Å²) in [6, 6.07) is 13.0. The number of phenols is 1. The zero-order valence-electron chi connectivity index (χ0n) is 10.1. The van der Waals surface area contributed by atoms with Crippen molar-refractivity contribution in [2.24, 2.45) is 0 Å². The molecule has 3 rings (SSSR count). The van der Waals surface area contributed by atoms with Gasteiger partial charge in [0.2, 0.25) is 0 Å². The minimum atomic E-state index is -0.0798. The standard InChI is InChI=1S/C16H11BrO2/c17-13-6-2-1-4-10(13)8-12-9-11-5-3-7-14(18)15(11)16(12)19/h1-8,18H,9H2/b12-8+. The fourth-order valence-electron chi connectivity index (χ4n) is 2.34. The molecule has 0 unspecified atom stereocenters. The molecule has 0 heterocycles. The Balaban J connectivity index is 2.05. The van der Waals surface area contributed by atoms with Gasteiger partial charge in [-0.05, 0) is 29.3 Å². The first-order valence-corrected chi connectivity index (χ1v) is 6.77. The lowest BCUT2D eigenvalue weighted by Gasteiger charge is -2.00. The van der Waals surface area contributed by atoms with Gasteiger partial charge in [-0.3, -0.25) is 4.79 Å². The van der Waals surface area contributed by atoms with Crippen LogP contribution in [0.3, 0.4) is 0 Å². The molecule has 3 heteroatoms. The van der Waals surface area contributed by atoms with Crippen LogP contribution in [0.25, 0.3) is 6.08 Å². The molecule has 0 saturated heterocycles. The van der Waals surface area contributed by atoms with E-state index in [1.807, 2.05) is 36.4 Å². The minimum absolute atomic E-state index is 0.0676. The Labute approximate surface area is 119 Å². The van der Waals surface area contributed by atoms with E-state index >= 15 is 0 Å². The van der Waals surface area contributed by atoms with Gasteiger partial charge in [-0.25, -0.2) is 0 Å². The second-order valence-electron chi connectivity index (χ2n) is 4.51. The van der Waals surface area contributed by atoms with E-state index in [-0.39, 0.29) is 11.5 Å². The van der Waals surface area contributed by atoms with Crippen LogP contribution in [0.1, 0.15) is 21.5 Å². The Morgan fingerprint density at radius 1 is 1.11 bits per heavy atom. The number of hydrogen-bond donors (Lipinski definition) is 1. The lowest BCUT2D eigenvalue weighted by molar-refractivity contribution is 0.103. The van der Waals surface area contributed by atoms with E-state index in [0.717, 1.165) is 15.6 Å². The van der Waals surface area contributed by atoms with Gasteiger partial charge in [0.1, 0.15) is 5.75 Å². The molecule has 0 aromatic heterocycles. The number of aromatic hydroxyl groups is 1. The summed E-state index contributed by atoms with van der Waals surface area (Å²) in [6.07, 6.45) is 2.45. The molecule has 0 fully saturated rings. The normalized spacial score (nSPS) is 15.8. The highest BCUT2D eigenvalue weighted by molar-refractivity contribution is 9.10. The molecule has 19 heavy (non-hydrogen) atoms. The van der Waals surface area contributed by atoms with Crippen molar-refractivity contribution in [2.45, 2.75) is 6.42 Å². The number of halogens is 1. The first-order valence-electron chi connectivity index (χ1n) is 5.97. The topological polar surface area (TPSA) is 37.3 Å². The summed E-state index contributed by atoms with van der Waals surface area (Å²) in [6.45, 7) is 0. The fraction of sp³-hybridized carbons (Fsp3) is 0.0625. The molecule has 2 nitrogen and oxygen atoms in total. The van der Waals surface area contributed by atoms with Crippen molar-refractivity contribution in [2.75, 3.05) is 0 Å². The maximum Gasteiger partial charge on any atom is 0.193 e. The second-order valence-corrected chi connectivity index (χ2v) is 5.36. The minimum Gasteiger partial charge on any atom is -0.507 e. The summed E-state index contributed by atoms with van der Waals surface area (Å²) in [7, 11) is 0. The van der Waals surface area contributed by atoms with Gasteiger partial charge in [-0.15, -0.1) is 0 Å². The van der Waals surface area contributed by atoms with Crippen LogP contribution in [0.4, 0.5) is 0 Å². The summed E-state index contributed by atoms with van der Waals surface area (Å²) in [5, 5.41) is 9.78. The van der Waals surface area contributed by atoms with E-state index in [0.29, 0.717) is 17.6 Å². The molecule has 2 aromatic carbocycles. The third kappa shape index (κ3) is 2.10. The highest BCUT2D eigenvalue weighted by Crippen LogP contribution is 2.34. The molecule has 0 spiro atoms. The van der Waals surface area contributed by atoms with Crippen LogP contribution in [0.5, 0.6) is 5.75 Å². The monoisotopic (exact) mass is 314 g/mol. The van der Waals surface area contributed by atoms with Crippen molar-refractivity contribution >= 4 is 27.8 Å². The third-order valence-corrected chi connectivity index (χ3v) is 3.99. The summed E-state index contributed by atoms with van der Waals surface area (Å²) in [5.41, 5.74) is 3.02. The van der Waals surface area contributed by atoms with Crippen LogP contribution in [0.2, 0.25) is 0 Å². The molecule has 0 atom stereocenters. The average molecular weight is 315 g/mol. The maximum atomic E-state index is 12.3. The Bertz CT molecular complexity index is 702. The van der Waals surface area contributed by atoms with Crippen molar-refractivity contribution in [1.82, 2.24) is 0 Å². The van der Waals surface area contributed by atoms with Crippen LogP contribution in [-0.4, -0.2) is 10.9 Å². The molecular weight excluding hydrogens is 304 g/mol. The predicted octanol–water partition coefficient (Wildman–Crippen LogP) is 3.98. The fourth-order valence-corrected chi connectivity index (χ4v) is 2.74. The Hall–Kier alpha value is -1.87. The van der Waals surface area contributed by atoms with Gasteiger partial charge in [0, 0.05) is 16.5 Å². The average Bonchev–Trinajstić information content (AvgIpc) is 2.71. The van der Waals surface area contributed by atoms with E-state index in [1.54, 1.807) is 12.1 Å². The number of fused-ring (bicyclic) bond motifs is 1. The van der Waals surface area contributed by atoms with Gasteiger partial charge >= 0.3 is 0 Å². The van der Waals surface area contributed by atoms with Crippen molar-refractivity contribution < 1.29 is 9.90 Å². The van der Waals surface area contributed by atoms with Crippen molar-refractivity contribution in [3.8, 4) is 5.75 Å². The molecule has 0 radical (unpaired) electrons. The maximum absolute atomic E-state index is 12.3. The van der Waals surface area contributed by atoms with Crippen molar-refractivity contribution in [1.29, 1.82) is 0 Å². The number of carbonyl (C=O) groups excluding carboxylic acids is 1. The van der Waals surface area contributed by atoms with Gasteiger partial charge in [0.05, 0.1) is 5.56 Å². The first kappa shape index (κ1) is 12.2. The van der Waals surface area contributed by atoms with Crippen molar-refractivity contribution in [3.63, 3.8) is 0 Å². The summed E-state index contributed by atoms with van der Waals surface area (Å²) < 4.78 is 0.954. The molecule has 0 bridgehead atoms. The smallest absolute Gasteiger partial charge is 0.193 e. The van der Waals surface area contributed by atoms with Gasteiger partial charge in [0.15, 0.2) is 5.78 Å². The molecule has 2 aromatic rings. The van der Waals surface area contributed by atoms with E-state index in [1.165, 1.54) is 0 Å². The van der Waals surface area contributed by atoms with Gasteiger partial charge in [-0.1, -0.05) is 46.3 Å². The van der Waals surface area contributed by atoms with Gasteiger partial charge < -0.3 is 5.11 Å². The highest BCUT2D eigenvalue weighted by atomic mass is 79.9. The van der Waals surface area contributed by atoms with Crippen LogP contribution in [0, 0.1) is 0 Å². The van der Waals surface area contributed by atoms with E-state index in [9.17, 15) is 9.90 Å². The summed E-state index contributed by atoms with van der Waals surface area (Å²) in [5.74, 6) is -0.0121. The lowest BCUT2D eigenvalue weighted by atomic mass is 10.1. The third-order valence-electron chi connectivity index (χ3n) is 3.26. The zero-order valence-corrected chi connectivity index (χ0v) is 11.6. The molecule has 94 valence electrons. The quantitative estimate of drug-likeness (QED) is 0.808. The number of phenolic OH excluding ortho intramolecular Hbond substituents is 1. The Kier molecular flexibility index (Phi) is 2.99. The number of carbonyl (C=O) groups is 1. The SMILES string of the molecule is O=C1/C(=C/c2ccccc2Br)Cc2cccc(O)c21. The molecule has 1 N–H and O–H groups in total. The molecule has 0 amide bonds. The predicted molar refractivity (Wildman–Crippen MR) is 78.3 cm³/mol. The molecule has 0 aliphatic heterocycles. The number of Topliss-reactive ketones (excluding diaryl/α,β-unsaturated/α-hetero) is 1. The summed E-state index contributed by atoms with van der Waals surface area (Å²) in [4.78, 5) is 12.3. The Morgan fingerprint density at radius 3 is 2.63 bits per heavy atom. The second kappa shape index (κ2) is 4.67. The zero-order chi connectivity index (χ0) is 13.4. The van der Waals surface area contributed by atoms with E-state index < -0.39 is 0 Å². The number of rotatable bonds is 1. The van der Waals surface area contributed by atoms with Crippen LogP contribution >= 0.6 is 15.9 Å². The molecule has 0 saturated carbocycles. The molecule has 1 aliphatic rings. The summed E-state index contributed by atoms with van der Waals surface area (Å²) >= 11 is 3.47. The number of ketones is 1. The van der Waals surface area contributed by atoms with Gasteiger partial charge in [0.25, 0.3) is 0 Å².